The molecular weight excluding hydrogens is 484 g/mol. The van der Waals surface area contributed by atoms with Gasteiger partial charge in [-0.2, -0.15) is 0 Å². The summed E-state index contributed by atoms with van der Waals surface area (Å²) in [6.07, 6.45) is 0. The maximum absolute atomic E-state index is 11.6. The highest BCUT2D eigenvalue weighted by atomic mass is 79.9. The Labute approximate surface area is 179 Å². The Morgan fingerprint density at radius 3 is 2.48 bits per heavy atom. The minimum atomic E-state index is -4.13. The zero-order chi connectivity index (χ0) is 22.6. The molecule has 0 fully saturated rings. The van der Waals surface area contributed by atoms with Crippen molar-refractivity contribution in [2.75, 3.05) is 18.5 Å². The highest BCUT2D eigenvalue weighted by Crippen LogP contribution is 2.38. The van der Waals surface area contributed by atoms with Gasteiger partial charge in [0.2, 0.25) is 10.0 Å². The minimum Gasteiger partial charge on any atom is -0.415 e. The molecule has 1 aromatic carbocycles. The number of halogens is 1. The largest absolute Gasteiger partial charge is 0.415 e. The van der Waals surface area contributed by atoms with Crippen LogP contribution in [-0.2, 0) is 14.4 Å². The molecule has 1 unspecified atom stereocenters. The fraction of sp³-hybridized carbons (Fsp3) is 0.600. The maximum Gasteiger partial charge on any atom is 0.294 e. The number of anilines is 1. The van der Waals surface area contributed by atoms with E-state index in [4.69, 9.17) is 15.1 Å². The van der Waals surface area contributed by atoms with E-state index in [0.717, 1.165) is 6.07 Å². The summed E-state index contributed by atoms with van der Waals surface area (Å²) in [5.74, 6) is 0. The zero-order valence-corrected chi connectivity index (χ0v) is 20.2. The van der Waals surface area contributed by atoms with Crippen LogP contribution < -0.4 is 10.5 Å². The van der Waals surface area contributed by atoms with Crippen LogP contribution in [0, 0.1) is 10.1 Å². The predicted molar refractivity (Wildman–Crippen MR) is 117 cm³/mol. The summed E-state index contributed by atoms with van der Waals surface area (Å²) in [7, 11) is -6.26. The molecule has 0 saturated heterocycles. The maximum atomic E-state index is 11.6. The number of rotatable bonds is 9. The van der Waals surface area contributed by atoms with Crippen LogP contribution in [-0.4, -0.2) is 40.9 Å². The van der Waals surface area contributed by atoms with Crippen LogP contribution in [0.25, 0.3) is 10.4 Å². The third kappa shape index (κ3) is 6.94. The van der Waals surface area contributed by atoms with Gasteiger partial charge < -0.3 is 9.74 Å². The van der Waals surface area contributed by atoms with Crippen LogP contribution in [0.3, 0.4) is 0 Å². The van der Waals surface area contributed by atoms with Gasteiger partial charge in [-0.05, 0) is 45.7 Å². The quantitative estimate of drug-likeness (QED) is 0.126. The first-order valence-electron chi connectivity index (χ1n) is 8.52. The summed E-state index contributed by atoms with van der Waals surface area (Å²) in [4.78, 5) is 13.1. The highest BCUT2D eigenvalue weighted by Gasteiger charge is 2.37. The molecule has 0 amide bonds. The van der Waals surface area contributed by atoms with Crippen molar-refractivity contribution in [1.82, 2.24) is 0 Å². The fourth-order valence-electron chi connectivity index (χ4n) is 2.02. The van der Waals surface area contributed by atoms with Crippen LogP contribution in [0.4, 0.5) is 11.4 Å². The number of nitrogens with one attached hydrogen (secondary N) is 1. The second-order valence-corrected chi connectivity index (χ2v) is 15.2. The number of nitrogens with zero attached hydrogens (tertiary/aromatic N) is 4. The molecule has 1 aromatic rings. The van der Waals surface area contributed by atoms with Crippen molar-refractivity contribution in [2.45, 2.75) is 49.8 Å². The van der Waals surface area contributed by atoms with E-state index in [9.17, 15) is 18.5 Å². The predicted octanol–water partition coefficient (Wildman–Crippen LogP) is 4.12. The average Bonchev–Trinajstić information content (AvgIpc) is 2.56. The van der Waals surface area contributed by atoms with E-state index in [-0.39, 0.29) is 28.4 Å². The first-order chi connectivity index (χ1) is 13.1. The molecule has 14 heteroatoms. The van der Waals surface area contributed by atoms with Gasteiger partial charge in [0.15, 0.2) is 8.32 Å². The van der Waals surface area contributed by atoms with Gasteiger partial charge in [0, 0.05) is 22.0 Å². The van der Waals surface area contributed by atoms with Crippen LogP contribution in [0.5, 0.6) is 0 Å². The van der Waals surface area contributed by atoms with Crippen molar-refractivity contribution in [3.63, 3.8) is 0 Å². The number of nitro groups is 1. The lowest BCUT2D eigenvalue weighted by Gasteiger charge is -2.37. The van der Waals surface area contributed by atoms with E-state index in [1.165, 1.54) is 6.07 Å². The topological polar surface area (TPSA) is 173 Å². The van der Waals surface area contributed by atoms with Gasteiger partial charge in [-0.1, -0.05) is 25.9 Å². The molecule has 3 N–H and O–H groups in total. The van der Waals surface area contributed by atoms with Crippen molar-refractivity contribution in [3.8, 4) is 0 Å². The molecule has 1 atom stereocenters. The third-order valence-corrected chi connectivity index (χ3v) is 10.8. The van der Waals surface area contributed by atoms with E-state index < -0.39 is 39.9 Å². The van der Waals surface area contributed by atoms with E-state index in [1.807, 2.05) is 0 Å². The molecule has 11 nitrogen and oxygen atoms in total. The second-order valence-electron chi connectivity index (χ2n) is 7.93. The molecule has 29 heavy (non-hydrogen) atoms. The molecular formula is C15H25BrN6O5SSi. The molecule has 0 radical (unpaired) electrons. The van der Waals surface area contributed by atoms with Crippen molar-refractivity contribution in [1.29, 1.82) is 0 Å². The highest BCUT2D eigenvalue weighted by molar-refractivity contribution is 9.10. The molecule has 0 heterocycles. The van der Waals surface area contributed by atoms with E-state index >= 15 is 0 Å². The number of azide groups is 1. The Morgan fingerprint density at radius 2 is 2.03 bits per heavy atom. The average molecular weight is 509 g/mol. The Hall–Kier alpha value is -1.70. The van der Waals surface area contributed by atoms with Gasteiger partial charge >= 0.3 is 0 Å². The molecule has 0 aromatic heterocycles. The molecule has 0 saturated carbocycles. The zero-order valence-electron chi connectivity index (χ0n) is 16.8. The summed E-state index contributed by atoms with van der Waals surface area (Å²) in [5, 5.41) is 23.0. The monoisotopic (exact) mass is 508 g/mol. The van der Waals surface area contributed by atoms with Crippen molar-refractivity contribution < 1.29 is 17.8 Å². The number of hydrogen-bond acceptors (Lipinski definition) is 7. The molecule has 162 valence electrons. The summed E-state index contributed by atoms with van der Waals surface area (Å²) >= 11 is 3.16. The van der Waals surface area contributed by atoms with Gasteiger partial charge in [-0.25, -0.2) is 13.6 Å². The van der Waals surface area contributed by atoms with E-state index in [2.05, 4.69) is 65.1 Å². The molecule has 1 rings (SSSR count). The minimum absolute atomic E-state index is 0.0222. The summed E-state index contributed by atoms with van der Waals surface area (Å²) in [5.41, 5.74) is 8.22. The Morgan fingerprint density at radius 1 is 1.45 bits per heavy atom. The van der Waals surface area contributed by atoms with Gasteiger partial charge in [0.25, 0.3) is 5.69 Å². The fourth-order valence-corrected chi connectivity index (χ4v) is 4.35. The molecule has 0 aliphatic rings. The van der Waals surface area contributed by atoms with Gasteiger partial charge in [-0.3, -0.25) is 10.1 Å². The van der Waals surface area contributed by atoms with Gasteiger partial charge in [-0.15, -0.1) is 0 Å². The molecule has 0 aliphatic carbocycles. The number of hydrogen-bond donors (Lipinski definition) is 2. The number of nitro benzene ring substituents is 1. The first kappa shape index (κ1) is 25.3. The SMILES string of the molecule is CC(C)(C)[Si](C)(C)OCC(CN=[N+]=[N-])Nc1c(Br)cc(S(N)(=O)=O)cc1[N+](=O)[O-]. The molecule has 0 spiro atoms. The summed E-state index contributed by atoms with van der Waals surface area (Å²) in [6.45, 7) is 10.4. The Kier molecular flexibility index (Phi) is 8.22. The smallest absolute Gasteiger partial charge is 0.294 e. The van der Waals surface area contributed by atoms with Gasteiger partial charge in [0.1, 0.15) is 5.69 Å². The number of benzene rings is 1. The van der Waals surface area contributed by atoms with Crippen LogP contribution >= 0.6 is 15.9 Å². The second kappa shape index (κ2) is 9.41. The summed E-state index contributed by atoms with van der Waals surface area (Å²) < 4.78 is 29.4. The lowest BCUT2D eigenvalue weighted by Crippen LogP contribution is -2.44. The van der Waals surface area contributed by atoms with Crippen LogP contribution in [0.15, 0.2) is 26.6 Å². The van der Waals surface area contributed by atoms with Crippen LogP contribution in [0.1, 0.15) is 20.8 Å². The third-order valence-electron chi connectivity index (χ3n) is 4.73. The Balaban J connectivity index is 3.29. The molecule has 0 bridgehead atoms. The summed E-state index contributed by atoms with van der Waals surface area (Å²) in [6, 6.07) is 1.47. The Bertz CT molecular complexity index is 928. The first-order valence-corrected chi connectivity index (χ1v) is 13.8. The van der Waals surface area contributed by atoms with Crippen molar-refractivity contribution >= 4 is 45.6 Å². The number of nitrogens with two attached hydrogens (primary N) is 1. The standard InChI is InChI=1S/C15H25BrN6O5SSi/c1-15(2,3)29(4,5)27-9-10(8-19-21-17)20-14-12(16)6-11(28(18,25)26)7-13(14)22(23)24/h6-7,10,20H,8-9H2,1-5H3,(H2,18,25,26). The van der Waals surface area contributed by atoms with Crippen molar-refractivity contribution in [3.05, 3.63) is 37.2 Å². The van der Waals surface area contributed by atoms with E-state index in [0.29, 0.717) is 0 Å². The van der Waals surface area contributed by atoms with Crippen LogP contribution in [0.2, 0.25) is 18.1 Å². The molecule has 0 aliphatic heterocycles. The normalized spacial score (nSPS) is 13.5. The van der Waals surface area contributed by atoms with Crippen molar-refractivity contribution in [2.24, 2.45) is 10.3 Å². The lowest BCUT2D eigenvalue weighted by atomic mass is 10.2. The lowest BCUT2D eigenvalue weighted by molar-refractivity contribution is -0.384. The van der Waals surface area contributed by atoms with Gasteiger partial charge in [0.05, 0.1) is 22.5 Å². The van der Waals surface area contributed by atoms with E-state index in [1.54, 1.807) is 0 Å². The number of sulfonamides is 1. The number of primary sulfonamides is 1.